The zero-order chi connectivity index (χ0) is 18.8. The summed E-state index contributed by atoms with van der Waals surface area (Å²) in [6.45, 7) is -0.311. The summed E-state index contributed by atoms with van der Waals surface area (Å²) in [6.07, 6.45) is -0.412. The van der Waals surface area contributed by atoms with Gasteiger partial charge in [-0.1, -0.05) is 46.4 Å². The summed E-state index contributed by atoms with van der Waals surface area (Å²) in [5.74, 6) is -1.15. The molecule has 25 heavy (non-hydrogen) atoms. The first kappa shape index (κ1) is 20.1. The predicted molar refractivity (Wildman–Crippen MR) is 99.7 cm³/mol. The molecule has 0 amide bonds. The largest absolute Gasteiger partial charge is 0.481 e. The number of aliphatic carboxylic acids is 1. The van der Waals surface area contributed by atoms with Crippen LogP contribution >= 0.6 is 46.4 Å². The summed E-state index contributed by atoms with van der Waals surface area (Å²) >= 11 is 23.6. The normalized spacial score (nSPS) is 11.4. The first-order chi connectivity index (χ1) is 11.6. The molecule has 10 heteroatoms. The van der Waals surface area contributed by atoms with Gasteiger partial charge in [0.25, 0.3) is 10.0 Å². The number of sulfonamides is 1. The van der Waals surface area contributed by atoms with E-state index in [1.807, 2.05) is 0 Å². The Balaban J connectivity index is 2.56. The summed E-state index contributed by atoms with van der Waals surface area (Å²) < 4.78 is 26.9. The molecule has 0 saturated carbocycles. The molecule has 0 saturated heterocycles. The van der Waals surface area contributed by atoms with E-state index in [0.717, 1.165) is 4.31 Å². The van der Waals surface area contributed by atoms with Crippen LogP contribution in [0.25, 0.3) is 0 Å². The third kappa shape index (κ3) is 4.92. The number of hydrogen-bond donors (Lipinski definition) is 1. The van der Waals surface area contributed by atoms with E-state index in [1.165, 1.54) is 36.4 Å². The molecule has 5 nitrogen and oxygen atoms in total. The molecule has 134 valence electrons. The van der Waals surface area contributed by atoms with Crippen LogP contribution in [0.15, 0.2) is 41.3 Å². The average molecular weight is 443 g/mol. The quantitative estimate of drug-likeness (QED) is 0.685. The second-order valence-electron chi connectivity index (χ2n) is 4.92. The fourth-order valence-electron chi connectivity index (χ4n) is 2.03. The van der Waals surface area contributed by atoms with E-state index in [4.69, 9.17) is 51.5 Å². The number of benzene rings is 2. The first-order valence-electron chi connectivity index (χ1n) is 6.77. The van der Waals surface area contributed by atoms with E-state index in [9.17, 15) is 13.2 Å². The van der Waals surface area contributed by atoms with Crippen molar-refractivity contribution >= 4 is 68.1 Å². The van der Waals surface area contributed by atoms with Crippen molar-refractivity contribution in [2.75, 3.05) is 10.8 Å². The van der Waals surface area contributed by atoms with Crippen LogP contribution in [0.2, 0.25) is 20.1 Å². The Morgan fingerprint density at radius 3 is 2.08 bits per heavy atom. The van der Waals surface area contributed by atoms with Gasteiger partial charge < -0.3 is 5.11 Å². The van der Waals surface area contributed by atoms with Gasteiger partial charge in [0, 0.05) is 16.6 Å². The van der Waals surface area contributed by atoms with Crippen molar-refractivity contribution in [1.82, 2.24) is 0 Å². The molecule has 0 heterocycles. The molecule has 0 aliphatic rings. The maximum atomic E-state index is 13.0. The van der Waals surface area contributed by atoms with Gasteiger partial charge in [-0.25, -0.2) is 8.42 Å². The first-order valence-corrected chi connectivity index (χ1v) is 9.72. The number of rotatable bonds is 6. The van der Waals surface area contributed by atoms with Crippen LogP contribution in [0.4, 0.5) is 5.69 Å². The summed E-state index contributed by atoms with van der Waals surface area (Å²) in [4.78, 5) is 10.8. The monoisotopic (exact) mass is 441 g/mol. The number of nitrogens with zero attached hydrogens (tertiary/aromatic N) is 1. The van der Waals surface area contributed by atoms with Crippen LogP contribution in [0.5, 0.6) is 0 Å². The number of anilines is 1. The second-order valence-corrected chi connectivity index (χ2v) is 8.47. The second kappa shape index (κ2) is 8.01. The van der Waals surface area contributed by atoms with Gasteiger partial charge >= 0.3 is 5.97 Å². The van der Waals surface area contributed by atoms with E-state index in [0.29, 0.717) is 0 Å². The molecule has 2 rings (SSSR count). The van der Waals surface area contributed by atoms with Gasteiger partial charge in [-0.3, -0.25) is 9.10 Å². The lowest BCUT2D eigenvalue weighted by molar-refractivity contribution is -0.136. The van der Waals surface area contributed by atoms with Gasteiger partial charge in [-0.15, -0.1) is 0 Å². The molecule has 0 atom stereocenters. The Labute approximate surface area is 164 Å². The van der Waals surface area contributed by atoms with Crippen molar-refractivity contribution in [1.29, 1.82) is 0 Å². The Bertz CT molecular complexity index is 897. The summed E-state index contributed by atoms with van der Waals surface area (Å²) in [5.41, 5.74) is 0.143. The predicted octanol–water partition coefficient (Wildman–Crippen LogP) is 4.97. The molecular weight excluding hydrogens is 432 g/mol. The summed E-state index contributed by atoms with van der Waals surface area (Å²) in [6, 6.07) is 8.02. The summed E-state index contributed by atoms with van der Waals surface area (Å²) in [5, 5.41) is 9.61. The highest BCUT2D eigenvalue weighted by atomic mass is 35.5. The van der Waals surface area contributed by atoms with Crippen LogP contribution in [-0.2, 0) is 14.8 Å². The van der Waals surface area contributed by atoms with Crippen molar-refractivity contribution < 1.29 is 18.3 Å². The van der Waals surface area contributed by atoms with E-state index in [1.54, 1.807) is 0 Å². The number of carboxylic acids is 1. The molecule has 1 N–H and O–H groups in total. The Morgan fingerprint density at radius 1 is 0.960 bits per heavy atom. The molecule has 0 radical (unpaired) electrons. The van der Waals surface area contributed by atoms with Gasteiger partial charge in [0.15, 0.2) is 0 Å². The maximum Gasteiger partial charge on any atom is 0.305 e. The fourth-order valence-corrected chi connectivity index (χ4v) is 4.39. The van der Waals surface area contributed by atoms with Crippen LogP contribution in [-0.4, -0.2) is 26.0 Å². The smallest absolute Gasteiger partial charge is 0.305 e. The Morgan fingerprint density at radius 2 is 1.56 bits per heavy atom. The molecule has 0 unspecified atom stereocenters. The summed E-state index contributed by atoms with van der Waals surface area (Å²) in [7, 11) is -4.11. The zero-order valence-corrected chi connectivity index (χ0v) is 16.3. The maximum absolute atomic E-state index is 13.0. The highest BCUT2D eigenvalue weighted by Crippen LogP contribution is 2.32. The third-order valence-corrected chi connectivity index (χ3v) is 6.14. The number of halogens is 4. The van der Waals surface area contributed by atoms with Crippen LogP contribution in [0, 0.1) is 0 Å². The van der Waals surface area contributed by atoms with Crippen molar-refractivity contribution in [3.8, 4) is 0 Å². The fraction of sp³-hybridized carbons (Fsp3) is 0.133. The molecule has 0 aliphatic heterocycles. The number of hydrogen-bond acceptors (Lipinski definition) is 3. The van der Waals surface area contributed by atoms with Gasteiger partial charge in [0.05, 0.1) is 27.0 Å². The molecule has 0 bridgehead atoms. The molecular formula is C15H11Cl4NO4S. The highest BCUT2D eigenvalue weighted by molar-refractivity contribution is 7.92. The van der Waals surface area contributed by atoms with E-state index >= 15 is 0 Å². The molecule has 0 fully saturated rings. The molecule has 0 spiro atoms. The van der Waals surface area contributed by atoms with Crippen LogP contribution in [0.1, 0.15) is 6.42 Å². The molecule has 2 aromatic carbocycles. The Hall–Kier alpha value is -1.18. The standard InChI is InChI=1S/C15H11Cl4NO4S/c16-9-5-10(17)7-11(6-9)20(4-3-15(21)22)25(23,24)12-1-2-13(18)14(19)8-12/h1-2,5-8H,3-4H2,(H,21,22). The van der Waals surface area contributed by atoms with Crippen molar-refractivity contribution in [2.24, 2.45) is 0 Å². The number of carbonyl (C=O) groups is 1. The molecule has 0 aliphatic carbocycles. The zero-order valence-electron chi connectivity index (χ0n) is 12.4. The SMILES string of the molecule is O=C(O)CCN(c1cc(Cl)cc(Cl)c1)S(=O)(=O)c1ccc(Cl)c(Cl)c1. The topological polar surface area (TPSA) is 74.7 Å². The lowest BCUT2D eigenvalue weighted by atomic mass is 10.3. The lowest BCUT2D eigenvalue weighted by Gasteiger charge is -2.24. The van der Waals surface area contributed by atoms with Crippen molar-refractivity contribution in [3.63, 3.8) is 0 Å². The van der Waals surface area contributed by atoms with Crippen LogP contribution in [0.3, 0.4) is 0 Å². The van der Waals surface area contributed by atoms with Gasteiger partial charge in [-0.05, 0) is 36.4 Å². The van der Waals surface area contributed by atoms with Crippen LogP contribution < -0.4 is 4.31 Å². The van der Waals surface area contributed by atoms with Gasteiger partial charge in [-0.2, -0.15) is 0 Å². The van der Waals surface area contributed by atoms with E-state index in [-0.39, 0.29) is 37.2 Å². The minimum absolute atomic E-state index is 0.0602. The lowest BCUT2D eigenvalue weighted by Crippen LogP contribution is -2.33. The number of carboxylic acid groups (broad SMARTS) is 1. The van der Waals surface area contributed by atoms with Gasteiger partial charge in [0.2, 0.25) is 0 Å². The van der Waals surface area contributed by atoms with E-state index < -0.39 is 22.4 Å². The van der Waals surface area contributed by atoms with Crippen molar-refractivity contribution in [3.05, 3.63) is 56.5 Å². The van der Waals surface area contributed by atoms with Crippen molar-refractivity contribution in [2.45, 2.75) is 11.3 Å². The highest BCUT2D eigenvalue weighted by Gasteiger charge is 2.26. The third-order valence-electron chi connectivity index (χ3n) is 3.14. The van der Waals surface area contributed by atoms with E-state index in [2.05, 4.69) is 0 Å². The molecule has 2 aromatic rings. The Kier molecular flexibility index (Phi) is 6.45. The molecule has 0 aromatic heterocycles. The average Bonchev–Trinajstić information content (AvgIpc) is 2.48. The minimum Gasteiger partial charge on any atom is -0.481 e. The minimum atomic E-state index is -4.11. The van der Waals surface area contributed by atoms with Gasteiger partial charge in [0.1, 0.15) is 0 Å².